The molecule has 0 spiro atoms. The Balaban J connectivity index is 1.90. The van der Waals surface area contributed by atoms with Gasteiger partial charge >= 0.3 is 5.63 Å². The Morgan fingerprint density at radius 1 is 1.21 bits per heavy atom. The maximum atomic E-state index is 12.3. The largest absolute Gasteiger partial charge is 0.550 e. The second-order valence-corrected chi connectivity index (χ2v) is 7.05. The molecule has 154 valence electrons. The van der Waals surface area contributed by atoms with Crippen LogP contribution >= 0.6 is 0 Å². The third-order valence-electron chi connectivity index (χ3n) is 4.82. The van der Waals surface area contributed by atoms with Crippen LogP contribution in [-0.4, -0.2) is 30.0 Å². The highest BCUT2D eigenvalue weighted by molar-refractivity contribution is 5.91. The molecule has 9 nitrogen and oxygen atoms in total. The van der Waals surface area contributed by atoms with Gasteiger partial charge in [-0.05, 0) is 56.4 Å². The quantitative estimate of drug-likeness (QED) is 0.565. The molecule has 9 heteroatoms. The van der Waals surface area contributed by atoms with Crippen LogP contribution in [0.5, 0.6) is 5.75 Å². The molecule has 1 aliphatic carbocycles. The first-order valence-electron chi connectivity index (χ1n) is 9.14. The van der Waals surface area contributed by atoms with Crippen molar-refractivity contribution in [2.75, 3.05) is 0 Å². The van der Waals surface area contributed by atoms with Gasteiger partial charge in [0.15, 0.2) is 6.10 Å². The van der Waals surface area contributed by atoms with Gasteiger partial charge in [0.1, 0.15) is 11.3 Å². The van der Waals surface area contributed by atoms with Crippen LogP contribution in [0.1, 0.15) is 36.5 Å². The van der Waals surface area contributed by atoms with E-state index in [4.69, 9.17) is 9.15 Å². The molecule has 29 heavy (non-hydrogen) atoms. The van der Waals surface area contributed by atoms with Crippen LogP contribution in [0.4, 0.5) is 0 Å². The average molecular weight is 401 g/mol. The molecule has 1 heterocycles. The van der Waals surface area contributed by atoms with Crippen LogP contribution in [0.15, 0.2) is 21.3 Å². The van der Waals surface area contributed by atoms with E-state index in [-0.39, 0.29) is 5.63 Å². The van der Waals surface area contributed by atoms with Crippen molar-refractivity contribution in [3.05, 3.63) is 39.2 Å². The van der Waals surface area contributed by atoms with Gasteiger partial charge in [-0.1, -0.05) is 0 Å². The number of hydrogen-bond donors (Lipinski definition) is 1. The molecule has 0 unspecified atom stereocenters. The van der Waals surface area contributed by atoms with E-state index in [1.54, 1.807) is 19.1 Å². The van der Waals surface area contributed by atoms with E-state index < -0.39 is 36.4 Å². The Bertz CT molecular complexity index is 1050. The zero-order valence-electron chi connectivity index (χ0n) is 15.9. The van der Waals surface area contributed by atoms with E-state index in [1.165, 1.54) is 6.92 Å². The van der Waals surface area contributed by atoms with Gasteiger partial charge in [0.25, 0.3) is 5.91 Å². The summed E-state index contributed by atoms with van der Waals surface area (Å²) in [5.41, 5.74) is 2.12. The summed E-state index contributed by atoms with van der Waals surface area (Å²) in [5.74, 6) is -3.88. The minimum Gasteiger partial charge on any atom is -0.550 e. The molecule has 0 aliphatic heterocycles. The maximum Gasteiger partial charge on any atom is 0.339 e. The van der Waals surface area contributed by atoms with Crippen molar-refractivity contribution < 1.29 is 33.8 Å². The minimum absolute atomic E-state index is 0.328. The highest BCUT2D eigenvalue weighted by Gasteiger charge is 2.25. The lowest BCUT2D eigenvalue weighted by Gasteiger charge is -2.23. The van der Waals surface area contributed by atoms with Gasteiger partial charge in [-0.2, -0.15) is 0 Å². The SMILES string of the molecule is Cc1cc(O[C@H](C)C(=O)N[C@@H](CC(=O)[O-])C(=O)[O-])c2c3c(c(=O)oc2c1)CCC3. The molecule has 0 fully saturated rings. The van der Waals surface area contributed by atoms with E-state index in [9.17, 15) is 29.4 Å². The molecule has 1 amide bonds. The maximum absolute atomic E-state index is 12.3. The molecule has 2 aromatic rings. The Labute approximate surface area is 165 Å². The van der Waals surface area contributed by atoms with Crippen molar-refractivity contribution in [2.24, 2.45) is 0 Å². The summed E-state index contributed by atoms with van der Waals surface area (Å²) in [7, 11) is 0. The molecular formula is C20H19NO8-2. The summed E-state index contributed by atoms with van der Waals surface area (Å²) in [6.07, 6.45) is 0.0161. The number of nitrogens with one attached hydrogen (secondary N) is 1. The Kier molecular flexibility index (Phi) is 5.58. The van der Waals surface area contributed by atoms with Gasteiger partial charge in [0, 0.05) is 18.0 Å². The van der Waals surface area contributed by atoms with Crippen LogP contribution in [0.2, 0.25) is 0 Å². The molecule has 1 aromatic carbocycles. The predicted molar refractivity (Wildman–Crippen MR) is 95.9 cm³/mol. The molecule has 0 saturated heterocycles. The summed E-state index contributed by atoms with van der Waals surface area (Å²) in [6.45, 7) is 3.17. The lowest BCUT2D eigenvalue weighted by atomic mass is 10.0. The van der Waals surface area contributed by atoms with E-state index in [0.29, 0.717) is 35.1 Å². The smallest absolute Gasteiger partial charge is 0.339 e. The molecule has 0 saturated carbocycles. The van der Waals surface area contributed by atoms with Gasteiger partial charge in [-0.15, -0.1) is 0 Å². The summed E-state index contributed by atoms with van der Waals surface area (Å²) in [4.78, 5) is 46.2. The first kappa shape index (κ1) is 20.4. The second kappa shape index (κ2) is 7.94. The van der Waals surface area contributed by atoms with Crippen LogP contribution < -0.4 is 25.9 Å². The lowest BCUT2D eigenvalue weighted by Crippen LogP contribution is -2.53. The Morgan fingerprint density at radius 3 is 2.55 bits per heavy atom. The highest BCUT2D eigenvalue weighted by atomic mass is 16.5. The number of aliphatic carboxylic acids is 2. The number of carbonyl (C=O) groups excluding carboxylic acids is 3. The van der Waals surface area contributed by atoms with Crippen molar-refractivity contribution >= 4 is 28.8 Å². The zero-order valence-corrected chi connectivity index (χ0v) is 15.9. The van der Waals surface area contributed by atoms with Crippen molar-refractivity contribution in [3.8, 4) is 5.75 Å². The molecule has 1 aliphatic rings. The molecule has 2 atom stereocenters. The number of carboxylic acids is 2. The number of rotatable bonds is 7. The van der Waals surface area contributed by atoms with Crippen molar-refractivity contribution in [2.45, 2.75) is 51.7 Å². The molecule has 0 bridgehead atoms. The monoisotopic (exact) mass is 401 g/mol. The first-order chi connectivity index (χ1) is 13.7. The summed E-state index contributed by atoms with van der Waals surface area (Å²) < 4.78 is 11.2. The molecular weight excluding hydrogens is 382 g/mol. The number of benzene rings is 1. The van der Waals surface area contributed by atoms with Crippen LogP contribution in [0.25, 0.3) is 11.0 Å². The Morgan fingerprint density at radius 2 is 1.90 bits per heavy atom. The van der Waals surface area contributed by atoms with Gasteiger partial charge in [0.05, 0.1) is 17.4 Å². The normalized spacial score (nSPS) is 14.8. The van der Waals surface area contributed by atoms with Gasteiger partial charge < -0.3 is 34.3 Å². The molecule has 3 rings (SSSR count). The molecule has 0 radical (unpaired) electrons. The summed E-state index contributed by atoms with van der Waals surface area (Å²) in [5, 5.41) is 24.4. The fraction of sp³-hybridized carbons (Fsp3) is 0.400. The molecule has 1 aromatic heterocycles. The fourth-order valence-corrected chi connectivity index (χ4v) is 3.49. The number of amides is 1. The summed E-state index contributed by atoms with van der Waals surface area (Å²) in [6, 6.07) is 1.66. The van der Waals surface area contributed by atoms with E-state index in [0.717, 1.165) is 17.5 Å². The predicted octanol–water partition coefficient (Wildman–Crippen LogP) is -1.27. The topological polar surface area (TPSA) is 149 Å². The number of carboxylic acid groups (broad SMARTS) is 2. The van der Waals surface area contributed by atoms with Crippen molar-refractivity contribution in [1.29, 1.82) is 0 Å². The third-order valence-corrected chi connectivity index (χ3v) is 4.82. The number of hydrogen-bond acceptors (Lipinski definition) is 8. The second-order valence-electron chi connectivity index (χ2n) is 7.05. The number of carbonyl (C=O) groups is 3. The van der Waals surface area contributed by atoms with Crippen molar-refractivity contribution in [3.63, 3.8) is 0 Å². The van der Waals surface area contributed by atoms with Crippen LogP contribution in [0.3, 0.4) is 0 Å². The lowest BCUT2D eigenvalue weighted by molar-refractivity contribution is -0.317. The van der Waals surface area contributed by atoms with E-state index in [1.807, 2.05) is 0 Å². The third kappa shape index (κ3) is 4.23. The number of aryl methyl sites for hydroxylation is 2. The average Bonchev–Trinajstić information content (AvgIpc) is 3.10. The van der Waals surface area contributed by atoms with E-state index >= 15 is 0 Å². The van der Waals surface area contributed by atoms with Crippen molar-refractivity contribution in [1.82, 2.24) is 5.32 Å². The fourth-order valence-electron chi connectivity index (χ4n) is 3.49. The minimum atomic E-state index is -1.74. The molecule has 1 N–H and O–H groups in total. The highest BCUT2D eigenvalue weighted by Crippen LogP contribution is 2.35. The number of fused-ring (bicyclic) bond motifs is 3. The number of ether oxygens (including phenoxy) is 1. The van der Waals surface area contributed by atoms with Crippen LogP contribution in [0, 0.1) is 6.92 Å². The van der Waals surface area contributed by atoms with Gasteiger partial charge in [-0.3, -0.25) is 4.79 Å². The standard InChI is InChI=1S/C20H21NO8/c1-9-6-14(17-11-4-3-5-12(11)20(27)29-15(17)7-9)28-10(2)18(24)21-13(19(25)26)8-16(22)23/h6-7,10,13H,3-5,8H2,1-2H3,(H,21,24)(H,22,23)(H,25,26)/p-2/t10-,13+/m1/s1. The zero-order chi connectivity index (χ0) is 21.3. The van der Waals surface area contributed by atoms with Gasteiger partial charge in [-0.25, -0.2) is 4.79 Å². The van der Waals surface area contributed by atoms with E-state index in [2.05, 4.69) is 5.32 Å². The Hall–Kier alpha value is -3.36. The first-order valence-corrected chi connectivity index (χ1v) is 9.14. The van der Waals surface area contributed by atoms with Gasteiger partial charge in [0.2, 0.25) is 0 Å². The van der Waals surface area contributed by atoms with Crippen LogP contribution in [-0.2, 0) is 27.2 Å². The summed E-state index contributed by atoms with van der Waals surface area (Å²) >= 11 is 0.